The SMILES string of the molecule is CN(C)c1ccc(/[N+]([O-])=C/c2ccc([N+](=O)[O-])cc2)cc1. The Kier molecular flexibility index (Phi) is 4.18. The van der Waals surface area contributed by atoms with Gasteiger partial charge in [-0.1, -0.05) is 0 Å². The Morgan fingerprint density at radius 3 is 1.90 bits per heavy atom. The number of nitrogens with zero attached hydrogens (tertiary/aromatic N) is 3. The van der Waals surface area contributed by atoms with Gasteiger partial charge in [0.1, 0.15) is 0 Å². The molecule has 6 heteroatoms. The smallest absolute Gasteiger partial charge is 0.269 e. The second-order valence-electron chi connectivity index (χ2n) is 4.71. The third-order valence-corrected chi connectivity index (χ3v) is 2.99. The van der Waals surface area contributed by atoms with Gasteiger partial charge in [-0.3, -0.25) is 10.1 Å². The van der Waals surface area contributed by atoms with Crippen molar-refractivity contribution in [2.75, 3.05) is 19.0 Å². The average molecular weight is 285 g/mol. The van der Waals surface area contributed by atoms with Crippen molar-refractivity contribution >= 4 is 23.3 Å². The van der Waals surface area contributed by atoms with Gasteiger partial charge < -0.3 is 10.1 Å². The largest absolute Gasteiger partial charge is 0.618 e. The van der Waals surface area contributed by atoms with Crippen LogP contribution in [0.5, 0.6) is 0 Å². The lowest BCUT2D eigenvalue weighted by Crippen LogP contribution is -2.08. The van der Waals surface area contributed by atoms with Crippen molar-refractivity contribution in [1.29, 1.82) is 0 Å². The maximum Gasteiger partial charge on any atom is 0.269 e. The van der Waals surface area contributed by atoms with Gasteiger partial charge in [0.05, 0.1) is 4.92 Å². The van der Waals surface area contributed by atoms with Crippen molar-refractivity contribution < 1.29 is 9.66 Å². The van der Waals surface area contributed by atoms with Crippen LogP contribution in [0.1, 0.15) is 5.56 Å². The number of hydrogen-bond donors (Lipinski definition) is 0. The predicted molar refractivity (Wildman–Crippen MR) is 82.3 cm³/mol. The second-order valence-corrected chi connectivity index (χ2v) is 4.71. The first-order chi connectivity index (χ1) is 9.97. The Bertz CT molecular complexity index is 662. The molecular formula is C15H15N3O3. The summed E-state index contributed by atoms with van der Waals surface area (Å²) in [6.07, 6.45) is 1.38. The molecule has 2 aromatic rings. The molecule has 0 bridgehead atoms. The van der Waals surface area contributed by atoms with Gasteiger partial charge >= 0.3 is 0 Å². The third-order valence-electron chi connectivity index (χ3n) is 2.99. The molecule has 108 valence electrons. The zero-order valence-electron chi connectivity index (χ0n) is 11.8. The minimum atomic E-state index is -0.473. The van der Waals surface area contributed by atoms with Gasteiger partial charge in [-0.15, -0.1) is 0 Å². The summed E-state index contributed by atoms with van der Waals surface area (Å²) in [6.45, 7) is 0. The molecule has 0 fully saturated rings. The van der Waals surface area contributed by atoms with Crippen LogP contribution in [-0.4, -0.2) is 30.0 Å². The van der Waals surface area contributed by atoms with Crippen LogP contribution in [0.3, 0.4) is 0 Å². The Labute approximate surface area is 122 Å². The summed E-state index contributed by atoms with van der Waals surface area (Å²) in [7, 11) is 3.85. The first-order valence-electron chi connectivity index (χ1n) is 6.30. The fourth-order valence-electron chi connectivity index (χ4n) is 1.79. The minimum absolute atomic E-state index is 0.0000603. The lowest BCUT2D eigenvalue weighted by Gasteiger charge is -2.12. The molecule has 2 rings (SSSR count). The molecule has 0 spiro atoms. The number of nitro groups is 1. The molecule has 0 aliphatic rings. The van der Waals surface area contributed by atoms with Gasteiger partial charge in [-0.05, 0) is 24.3 Å². The van der Waals surface area contributed by atoms with E-state index in [9.17, 15) is 15.3 Å². The van der Waals surface area contributed by atoms with Crippen LogP contribution in [-0.2, 0) is 0 Å². The fraction of sp³-hybridized carbons (Fsp3) is 0.133. The zero-order valence-corrected chi connectivity index (χ0v) is 11.8. The van der Waals surface area contributed by atoms with Crippen molar-refractivity contribution in [3.05, 3.63) is 69.4 Å². The van der Waals surface area contributed by atoms with E-state index in [-0.39, 0.29) is 5.69 Å². The number of rotatable bonds is 4. The summed E-state index contributed by atoms with van der Waals surface area (Å²) >= 11 is 0. The van der Waals surface area contributed by atoms with Gasteiger partial charge in [0.2, 0.25) is 5.69 Å². The summed E-state index contributed by atoms with van der Waals surface area (Å²) in [5.41, 5.74) is 2.11. The van der Waals surface area contributed by atoms with Crippen molar-refractivity contribution in [2.24, 2.45) is 0 Å². The van der Waals surface area contributed by atoms with Gasteiger partial charge in [-0.2, -0.15) is 4.74 Å². The number of non-ortho nitro benzene ring substituents is 1. The normalized spacial score (nSPS) is 11.2. The standard InChI is InChI=1S/C15H15N3O3/c1-16(2)13-7-9-14(10-8-13)17(19)11-12-3-5-15(6-4-12)18(20)21/h3-11H,1-2H3/b17-11-. The molecule has 0 heterocycles. The van der Waals surface area contributed by atoms with Crippen molar-refractivity contribution in [2.45, 2.75) is 0 Å². The molecule has 0 atom stereocenters. The van der Waals surface area contributed by atoms with Crippen LogP contribution < -0.4 is 4.90 Å². The Hall–Kier alpha value is -2.89. The van der Waals surface area contributed by atoms with Gasteiger partial charge in [-0.25, -0.2) is 0 Å². The highest BCUT2D eigenvalue weighted by Crippen LogP contribution is 2.18. The molecule has 0 radical (unpaired) electrons. The quantitative estimate of drug-likeness (QED) is 0.285. The van der Waals surface area contributed by atoms with Crippen LogP contribution in [0.4, 0.5) is 17.1 Å². The maximum absolute atomic E-state index is 12.0. The molecule has 0 amide bonds. The first kappa shape index (κ1) is 14.5. The van der Waals surface area contributed by atoms with Crippen LogP contribution >= 0.6 is 0 Å². The average Bonchev–Trinajstić information content (AvgIpc) is 2.47. The van der Waals surface area contributed by atoms with E-state index in [1.807, 2.05) is 31.1 Å². The summed E-state index contributed by atoms with van der Waals surface area (Å²) in [4.78, 5) is 12.0. The van der Waals surface area contributed by atoms with Crippen molar-refractivity contribution in [3.63, 3.8) is 0 Å². The summed E-state index contributed by atoms with van der Waals surface area (Å²) in [5.74, 6) is 0. The lowest BCUT2D eigenvalue weighted by molar-refractivity contribution is -0.384. The van der Waals surface area contributed by atoms with E-state index in [0.717, 1.165) is 10.4 Å². The van der Waals surface area contributed by atoms with E-state index in [1.54, 1.807) is 12.1 Å². The van der Waals surface area contributed by atoms with E-state index in [4.69, 9.17) is 0 Å². The van der Waals surface area contributed by atoms with E-state index in [0.29, 0.717) is 11.3 Å². The molecule has 2 aromatic carbocycles. The Morgan fingerprint density at radius 1 is 0.905 bits per heavy atom. The number of benzene rings is 2. The van der Waals surface area contributed by atoms with E-state index >= 15 is 0 Å². The Morgan fingerprint density at radius 2 is 1.43 bits per heavy atom. The van der Waals surface area contributed by atoms with Crippen LogP contribution in [0.15, 0.2) is 48.5 Å². The van der Waals surface area contributed by atoms with Crippen molar-refractivity contribution in [1.82, 2.24) is 0 Å². The molecule has 6 nitrogen and oxygen atoms in total. The molecule has 0 saturated heterocycles. The predicted octanol–water partition coefficient (Wildman–Crippen LogP) is 2.92. The number of hydrogen-bond acceptors (Lipinski definition) is 4. The summed E-state index contributed by atoms with van der Waals surface area (Å²) in [6, 6.07) is 13.0. The van der Waals surface area contributed by atoms with Crippen LogP contribution in [0.25, 0.3) is 0 Å². The summed E-state index contributed by atoms with van der Waals surface area (Å²) < 4.78 is 0.737. The molecule has 0 unspecified atom stereocenters. The molecule has 0 aliphatic heterocycles. The lowest BCUT2D eigenvalue weighted by atomic mass is 10.2. The summed E-state index contributed by atoms with van der Waals surface area (Å²) in [5, 5.41) is 22.6. The zero-order chi connectivity index (χ0) is 15.4. The van der Waals surface area contributed by atoms with Crippen LogP contribution in [0.2, 0.25) is 0 Å². The highest BCUT2D eigenvalue weighted by atomic mass is 16.6. The molecule has 0 saturated carbocycles. The molecule has 0 aromatic heterocycles. The topological polar surface area (TPSA) is 72.5 Å². The van der Waals surface area contributed by atoms with Gasteiger partial charge in [0, 0.05) is 49.6 Å². The number of nitro benzene ring substituents is 1. The monoisotopic (exact) mass is 285 g/mol. The second kappa shape index (κ2) is 6.04. The first-order valence-corrected chi connectivity index (χ1v) is 6.30. The number of anilines is 1. The molecule has 0 N–H and O–H groups in total. The maximum atomic E-state index is 12.0. The van der Waals surface area contributed by atoms with E-state index in [1.165, 1.54) is 30.5 Å². The van der Waals surface area contributed by atoms with Crippen LogP contribution in [0, 0.1) is 15.3 Å². The van der Waals surface area contributed by atoms with Gasteiger partial charge in [0.25, 0.3) is 5.69 Å². The van der Waals surface area contributed by atoms with E-state index < -0.39 is 4.92 Å². The molecular weight excluding hydrogens is 270 g/mol. The molecule has 0 aliphatic carbocycles. The molecule has 21 heavy (non-hydrogen) atoms. The highest BCUT2D eigenvalue weighted by molar-refractivity contribution is 5.77. The van der Waals surface area contributed by atoms with Gasteiger partial charge in [0.15, 0.2) is 6.21 Å². The third kappa shape index (κ3) is 3.56. The fourth-order valence-corrected chi connectivity index (χ4v) is 1.79. The minimum Gasteiger partial charge on any atom is -0.618 e. The van der Waals surface area contributed by atoms with Crippen molar-refractivity contribution in [3.8, 4) is 0 Å². The Balaban J connectivity index is 2.21. The highest BCUT2D eigenvalue weighted by Gasteiger charge is 2.06. The van der Waals surface area contributed by atoms with E-state index in [2.05, 4.69) is 0 Å².